The van der Waals surface area contributed by atoms with Gasteiger partial charge in [-0.25, -0.2) is 0 Å². The van der Waals surface area contributed by atoms with Crippen LogP contribution in [-0.4, -0.2) is 11.8 Å². The quantitative estimate of drug-likeness (QED) is 0.480. The lowest BCUT2D eigenvalue weighted by atomic mass is 10.2. The van der Waals surface area contributed by atoms with Gasteiger partial charge in [0.15, 0.2) is 0 Å². The van der Waals surface area contributed by atoms with Gasteiger partial charge in [0.2, 0.25) is 0 Å². The molecular formula is C8H17NO. The van der Waals surface area contributed by atoms with Crippen LogP contribution in [0.3, 0.4) is 0 Å². The molecule has 0 amide bonds. The number of nitrogens with two attached hydrogens (primary N) is 1. The second-order valence-corrected chi connectivity index (χ2v) is 2.72. The van der Waals surface area contributed by atoms with Crippen molar-refractivity contribution in [2.24, 2.45) is 5.73 Å². The van der Waals surface area contributed by atoms with Gasteiger partial charge < -0.3 is 10.5 Å². The van der Waals surface area contributed by atoms with Gasteiger partial charge in [-0.05, 0) is 26.3 Å². The van der Waals surface area contributed by atoms with Gasteiger partial charge in [-0.3, -0.25) is 0 Å². The molecule has 0 aromatic heterocycles. The zero-order chi connectivity index (χ0) is 8.20. The van der Waals surface area contributed by atoms with Crippen molar-refractivity contribution in [3.63, 3.8) is 0 Å². The highest BCUT2D eigenvalue weighted by Crippen LogP contribution is 2.08. The second kappa shape index (κ2) is 3.74. The van der Waals surface area contributed by atoms with Crippen LogP contribution in [0.1, 0.15) is 27.2 Å². The molecule has 0 saturated carbocycles. The Morgan fingerprint density at radius 3 is 2.60 bits per heavy atom. The molecular weight excluding hydrogens is 126 g/mol. The van der Waals surface area contributed by atoms with Gasteiger partial charge in [-0.1, -0.05) is 13.5 Å². The Morgan fingerprint density at radius 2 is 2.30 bits per heavy atom. The lowest BCUT2D eigenvalue weighted by Gasteiger charge is -2.24. The van der Waals surface area contributed by atoms with Crippen molar-refractivity contribution in [3.8, 4) is 0 Å². The highest BCUT2D eigenvalue weighted by Gasteiger charge is 2.15. The summed E-state index contributed by atoms with van der Waals surface area (Å²) in [5.41, 5.74) is 4.98. The largest absolute Gasteiger partial charge is 0.355 e. The molecule has 0 aliphatic heterocycles. The summed E-state index contributed by atoms with van der Waals surface area (Å²) in [6.07, 6.45) is 2.78. The first-order valence-electron chi connectivity index (χ1n) is 3.62. The molecule has 2 nitrogen and oxygen atoms in total. The van der Waals surface area contributed by atoms with E-state index in [4.69, 9.17) is 10.5 Å². The van der Waals surface area contributed by atoms with E-state index in [1.807, 2.05) is 6.92 Å². The Balaban J connectivity index is 3.75. The van der Waals surface area contributed by atoms with Gasteiger partial charge in [0.1, 0.15) is 5.72 Å². The third-order valence-electron chi connectivity index (χ3n) is 1.44. The molecule has 0 heterocycles. The number of rotatable bonds is 4. The van der Waals surface area contributed by atoms with Crippen LogP contribution in [-0.2, 0) is 4.74 Å². The molecule has 0 rings (SSSR count). The molecule has 10 heavy (non-hydrogen) atoms. The summed E-state index contributed by atoms with van der Waals surface area (Å²) in [5.74, 6) is 0. The fourth-order valence-electron chi connectivity index (χ4n) is 0.565. The number of ether oxygens (including phenoxy) is 1. The van der Waals surface area contributed by atoms with Crippen LogP contribution in [0.2, 0.25) is 0 Å². The summed E-state index contributed by atoms with van der Waals surface area (Å²) in [6.45, 7) is 9.42. The monoisotopic (exact) mass is 143 g/mol. The topological polar surface area (TPSA) is 35.2 Å². The van der Waals surface area contributed by atoms with E-state index in [2.05, 4.69) is 13.5 Å². The highest BCUT2D eigenvalue weighted by atomic mass is 16.5. The van der Waals surface area contributed by atoms with Crippen molar-refractivity contribution < 1.29 is 4.74 Å². The van der Waals surface area contributed by atoms with E-state index >= 15 is 0 Å². The van der Waals surface area contributed by atoms with Gasteiger partial charge >= 0.3 is 0 Å². The average Bonchev–Trinajstić information content (AvgIpc) is 1.87. The van der Waals surface area contributed by atoms with Crippen LogP contribution >= 0.6 is 0 Å². The van der Waals surface area contributed by atoms with E-state index in [1.54, 1.807) is 13.0 Å². The number of hydrogen-bond donors (Lipinski definition) is 1. The Bertz CT molecular complexity index is 110. The molecule has 2 N–H and O–H groups in total. The van der Waals surface area contributed by atoms with Gasteiger partial charge in [0.05, 0.1) is 6.10 Å². The maximum absolute atomic E-state index is 5.65. The molecule has 60 valence electrons. The van der Waals surface area contributed by atoms with Crippen molar-refractivity contribution in [3.05, 3.63) is 12.7 Å². The van der Waals surface area contributed by atoms with E-state index < -0.39 is 5.72 Å². The second-order valence-electron chi connectivity index (χ2n) is 2.72. The van der Waals surface area contributed by atoms with Crippen LogP contribution in [0.4, 0.5) is 0 Å². The summed E-state index contributed by atoms with van der Waals surface area (Å²) in [4.78, 5) is 0. The minimum Gasteiger partial charge on any atom is -0.355 e. The molecule has 2 heteroatoms. The SMILES string of the molecule is C=CC(C)(N)O[C@H](C)CC. The summed E-state index contributed by atoms with van der Waals surface area (Å²) in [6, 6.07) is 0. The first-order valence-corrected chi connectivity index (χ1v) is 3.62. The molecule has 0 fully saturated rings. The van der Waals surface area contributed by atoms with Crippen molar-refractivity contribution in [1.82, 2.24) is 0 Å². The molecule has 0 aliphatic rings. The summed E-state index contributed by atoms with van der Waals surface area (Å²) in [7, 11) is 0. The lowest BCUT2D eigenvalue weighted by Crippen LogP contribution is -2.39. The predicted octanol–water partition coefficient (Wildman–Crippen LogP) is 1.66. The molecule has 0 spiro atoms. The highest BCUT2D eigenvalue weighted by molar-refractivity contribution is 4.88. The Labute approximate surface area is 63.1 Å². The molecule has 0 aliphatic carbocycles. The standard InChI is InChI=1S/C8H17NO/c1-5-7(3)10-8(4,9)6-2/h6-7H,2,5,9H2,1,3-4H3/t7-,8?/m1/s1. The van der Waals surface area contributed by atoms with Crippen LogP contribution in [0.25, 0.3) is 0 Å². The van der Waals surface area contributed by atoms with Gasteiger partial charge in [-0.2, -0.15) is 0 Å². The van der Waals surface area contributed by atoms with Crippen molar-refractivity contribution >= 4 is 0 Å². The Kier molecular flexibility index (Phi) is 3.61. The van der Waals surface area contributed by atoms with Crippen molar-refractivity contribution in [2.45, 2.75) is 39.0 Å². The fourth-order valence-corrected chi connectivity index (χ4v) is 0.565. The lowest BCUT2D eigenvalue weighted by molar-refractivity contribution is -0.0407. The van der Waals surface area contributed by atoms with E-state index in [9.17, 15) is 0 Å². The van der Waals surface area contributed by atoms with Crippen LogP contribution in [0.5, 0.6) is 0 Å². The van der Waals surface area contributed by atoms with Crippen LogP contribution in [0, 0.1) is 0 Å². The van der Waals surface area contributed by atoms with Gasteiger partial charge in [-0.15, -0.1) is 0 Å². The smallest absolute Gasteiger partial charge is 0.133 e. The summed E-state index contributed by atoms with van der Waals surface area (Å²) in [5, 5.41) is 0. The van der Waals surface area contributed by atoms with Gasteiger partial charge in [0.25, 0.3) is 0 Å². The third-order valence-corrected chi connectivity index (χ3v) is 1.44. The van der Waals surface area contributed by atoms with E-state index in [0.717, 1.165) is 6.42 Å². The molecule has 2 atom stereocenters. The first-order chi connectivity index (χ1) is 4.52. The molecule has 0 saturated heterocycles. The number of hydrogen-bond acceptors (Lipinski definition) is 2. The molecule has 0 aromatic rings. The van der Waals surface area contributed by atoms with Crippen molar-refractivity contribution in [2.75, 3.05) is 0 Å². The van der Waals surface area contributed by atoms with E-state index in [0.29, 0.717) is 0 Å². The van der Waals surface area contributed by atoms with E-state index in [1.165, 1.54) is 0 Å². The summed E-state index contributed by atoms with van der Waals surface area (Å²) < 4.78 is 5.40. The zero-order valence-electron chi connectivity index (χ0n) is 7.05. The third kappa shape index (κ3) is 3.64. The maximum Gasteiger partial charge on any atom is 0.133 e. The summed E-state index contributed by atoms with van der Waals surface area (Å²) >= 11 is 0. The predicted molar refractivity (Wildman–Crippen MR) is 43.6 cm³/mol. The Hall–Kier alpha value is -0.340. The van der Waals surface area contributed by atoms with Gasteiger partial charge in [0, 0.05) is 0 Å². The molecule has 0 radical (unpaired) electrons. The van der Waals surface area contributed by atoms with E-state index in [-0.39, 0.29) is 6.10 Å². The fraction of sp³-hybridized carbons (Fsp3) is 0.750. The van der Waals surface area contributed by atoms with Crippen LogP contribution in [0.15, 0.2) is 12.7 Å². The zero-order valence-corrected chi connectivity index (χ0v) is 7.05. The van der Waals surface area contributed by atoms with Crippen LogP contribution < -0.4 is 5.73 Å². The minimum atomic E-state index is -0.671. The average molecular weight is 143 g/mol. The normalized spacial score (nSPS) is 19.6. The molecule has 0 bridgehead atoms. The van der Waals surface area contributed by atoms with Crippen molar-refractivity contribution in [1.29, 1.82) is 0 Å². The first kappa shape index (κ1) is 9.66. The Morgan fingerprint density at radius 1 is 1.80 bits per heavy atom. The minimum absolute atomic E-state index is 0.202. The molecule has 1 unspecified atom stereocenters. The molecule has 0 aromatic carbocycles. The maximum atomic E-state index is 5.65.